The number of esters is 1. The summed E-state index contributed by atoms with van der Waals surface area (Å²) in [7, 11) is 3.05. The van der Waals surface area contributed by atoms with Crippen LogP contribution >= 0.6 is 11.3 Å². The van der Waals surface area contributed by atoms with E-state index in [1.807, 2.05) is 0 Å². The lowest BCUT2D eigenvalue weighted by Gasteiger charge is -2.33. The number of nitrogens with one attached hydrogen (secondary N) is 1. The van der Waals surface area contributed by atoms with Gasteiger partial charge in [0.1, 0.15) is 11.5 Å². The predicted octanol–water partition coefficient (Wildman–Crippen LogP) is 3.24. The minimum Gasteiger partial charge on any atom is -0.497 e. The Morgan fingerprint density at radius 1 is 1.15 bits per heavy atom. The number of rotatable bonds is 7. The Labute approximate surface area is 202 Å². The summed E-state index contributed by atoms with van der Waals surface area (Å²) < 4.78 is 15.6. The Hall–Kier alpha value is -3.14. The topological polar surface area (TPSA) is 107 Å². The molecule has 182 valence electrons. The number of hydrogen-bond donors (Lipinski definition) is 1. The fourth-order valence-corrected chi connectivity index (χ4v) is 5.51. The number of benzene rings is 1. The van der Waals surface area contributed by atoms with Gasteiger partial charge in [0.25, 0.3) is 5.91 Å². The summed E-state index contributed by atoms with van der Waals surface area (Å²) in [6.45, 7) is 3.14. The van der Waals surface area contributed by atoms with Crippen molar-refractivity contribution in [2.75, 3.05) is 39.2 Å². The molecule has 2 amide bonds. The van der Waals surface area contributed by atoms with Gasteiger partial charge in [-0.05, 0) is 44.7 Å². The van der Waals surface area contributed by atoms with E-state index < -0.39 is 0 Å². The van der Waals surface area contributed by atoms with E-state index in [0.717, 1.165) is 29.8 Å². The number of fused-ring (bicyclic) bond motifs is 1. The number of nitrogens with zero attached hydrogens (tertiary/aromatic N) is 2. The van der Waals surface area contributed by atoms with Crippen LogP contribution in [0.3, 0.4) is 0 Å². The molecule has 2 unspecified atom stereocenters. The number of hydrogen-bond acceptors (Lipinski definition) is 8. The Morgan fingerprint density at radius 2 is 1.88 bits per heavy atom. The summed E-state index contributed by atoms with van der Waals surface area (Å²) in [6, 6.07) is 4.95. The molecule has 1 aliphatic carbocycles. The fourth-order valence-electron chi connectivity index (χ4n) is 4.48. The molecular formula is C24H29N3O6S. The predicted molar refractivity (Wildman–Crippen MR) is 127 cm³/mol. The smallest absolute Gasteiger partial charge is 0.310 e. The first-order chi connectivity index (χ1) is 16.4. The number of ether oxygens (including phenoxy) is 3. The average molecular weight is 488 g/mol. The molecular weight excluding hydrogens is 458 g/mol. The largest absolute Gasteiger partial charge is 0.497 e. The van der Waals surface area contributed by atoms with Crippen molar-refractivity contribution in [2.45, 2.75) is 38.5 Å². The second kappa shape index (κ2) is 10.4. The zero-order chi connectivity index (χ0) is 24.2. The standard InChI is InChI=1S/C24H29N3O6S/c1-4-33-23(30)14-6-5-9-27(13-14)22(29)18-7-8-19-20(18)25-24(34-19)26-21(28)15-10-16(31-2)12-17(11-15)32-3/h10-12,14,18H,4-9,13H2,1-3H3,(H,25,26,28). The van der Waals surface area contributed by atoms with Crippen LogP contribution in [0.1, 0.15) is 53.0 Å². The van der Waals surface area contributed by atoms with Gasteiger partial charge in [-0.25, -0.2) is 4.98 Å². The molecule has 0 radical (unpaired) electrons. The number of methoxy groups -OCH3 is 2. The third-order valence-corrected chi connectivity index (χ3v) is 7.25. The molecule has 9 nitrogen and oxygen atoms in total. The van der Waals surface area contributed by atoms with Crippen LogP contribution in [0.15, 0.2) is 18.2 Å². The number of carbonyl (C=O) groups is 3. The van der Waals surface area contributed by atoms with Gasteiger partial charge in [-0.15, -0.1) is 11.3 Å². The SMILES string of the molecule is CCOC(=O)C1CCCN(C(=O)C2CCc3sc(NC(=O)c4cc(OC)cc(OC)c4)nc32)C1. The minimum atomic E-state index is -0.352. The molecule has 2 aromatic rings. The van der Waals surface area contributed by atoms with Gasteiger partial charge in [-0.2, -0.15) is 0 Å². The number of aryl methyl sites for hydroxylation is 1. The maximum atomic E-state index is 13.3. The molecule has 34 heavy (non-hydrogen) atoms. The second-order valence-electron chi connectivity index (χ2n) is 8.35. The van der Waals surface area contributed by atoms with Gasteiger partial charge >= 0.3 is 5.97 Å². The summed E-state index contributed by atoms with van der Waals surface area (Å²) in [6.07, 6.45) is 2.94. The van der Waals surface area contributed by atoms with Gasteiger partial charge in [-0.1, -0.05) is 0 Å². The number of likely N-dealkylation sites (tertiary alicyclic amines) is 1. The van der Waals surface area contributed by atoms with E-state index in [1.54, 1.807) is 30.0 Å². The average Bonchev–Trinajstić information content (AvgIpc) is 3.43. The summed E-state index contributed by atoms with van der Waals surface area (Å²) in [5, 5.41) is 3.29. The molecule has 1 fully saturated rings. The molecule has 0 bridgehead atoms. The molecule has 2 heterocycles. The molecule has 2 atom stereocenters. The first-order valence-corrected chi connectivity index (χ1v) is 12.2. The lowest BCUT2D eigenvalue weighted by Crippen LogP contribution is -2.44. The molecule has 1 N–H and O–H groups in total. The van der Waals surface area contributed by atoms with Gasteiger partial charge in [0, 0.05) is 29.6 Å². The van der Waals surface area contributed by atoms with Crippen LogP contribution in [-0.4, -0.2) is 61.6 Å². The highest BCUT2D eigenvalue weighted by Crippen LogP contribution is 2.40. The highest BCUT2D eigenvalue weighted by Gasteiger charge is 2.38. The number of piperidine rings is 1. The maximum Gasteiger partial charge on any atom is 0.310 e. The summed E-state index contributed by atoms with van der Waals surface area (Å²) in [5.41, 5.74) is 1.12. The minimum absolute atomic E-state index is 0.00606. The Kier molecular flexibility index (Phi) is 7.35. The molecule has 1 aromatic carbocycles. The Morgan fingerprint density at radius 3 is 2.56 bits per heavy atom. The van der Waals surface area contributed by atoms with Crippen LogP contribution < -0.4 is 14.8 Å². The van der Waals surface area contributed by atoms with Crippen LogP contribution in [0.2, 0.25) is 0 Å². The van der Waals surface area contributed by atoms with Crippen LogP contribution in [0, 0.1) is 5.92 Å². The normalized spacial score (nSPS) is 19.3. The van der Waals surface area contributed by atoms with Gasteiger partial charge < -0.3 is 19.1 Å². The number of aromatic nitrogens is 1. The number of amides is 2. The maximum absolute atomic E-state index is 13.3. The highest BCUT2D eigenvalue weighted by molar-refractivity contribution is 7.16. The zero-order valence-corrected chi connectivity index (χ0v) is 20.4. The number of anilines is 1. The van der Waals surface area contributed by atoms with E-state index in [9.17, 15) is 14.4 Å². The lowest BCUT2D eigenvalue weighted by atomic mass is 9.96. The quantitative estimate of drug-likeness (QED) is 0.598. The van der Waals surface area contributed by atoms with Crippen molar-refractivity contribution in [3.05, 3.63) is 34.3 Å². The van der Waals surface area contributed by atoms with Crippen LogP contribution in [0.25, 0.3) is 0 Å². The van der Waals surface area contributed by atoms with E-state index >= 15 is 0 Å². The molecule has 2 aliphatic rings. The summed E-state index contributed by atoms with van der Waals surface area (Å²) in [4.78, 5) is 45.7. The van der Waals surface area contributed by atoms with E-state index in [2.05, 4.69) is 10.3 Å². The first-order valence-electron chi connectivity index (χ1n) is 11.4. The summed E-state index contributed by atoms with van der Waals surface area (Å²) >= 11 is 1.39. The molecule has 4 rings (SSSR count). The van der Waals surface area contributed by atoms with Crippen molar-refractivity contribution >= 4 is 34.3 Å². The van der Waals surface area contributed by atoms with Gasteiger partial charge in [0.2, 0.25) is 5.91 Å². The Bertz CT molecular complexity index is 1060. The van der Waals surface area contributed by atoms with E-state index in [1.165, 1.54) is 25.6 Å². The van der Waals surface area contributed by atoms with Crippen LogP contribution in [-0.2, 0) is 20.7 Å². The highest BCUT2D eigenvalue weighted by atomic mass is 32.1. The van der Waals surface area contributed by atoms with Crippen LogP contribution in [0.5, 0.6) is 11.5 Å². The second-order valence-corrected chi connectivity index (χ2v) is 9.43. The number of thiazole rings is 1. The van der Waals surface area contributed by atoms with Crippen molar-refractivity contribution in [1.29, 1.82) is 0 Å². The van der Waals surface area contributed by atoms with Gasteiger partial charge in [-0.3, -0.25) is 19.7 Å². The van der Waals surface area contributed by atoms with E-state index in [0.29, 0.717) is 48.3 Å². The van der Waals surface area contributed by atoms with Gasteiger partial charge in [0.05, 0.1) is 38.4 Å². The molecule has 0 spiro atoms. The third kappa shape index (κ3) is 5.01. The number of carbonyl (C=O) groups excluding carboxylic acids is 3. The molecule has 0 saturated carbocycles. The first kappa shape index (κ1) is 24.0. The van der Waals surface area contributed by atoms with Crippen molar-refractivity contribution in [3.63, 3.8) is 0 Å². The van der Waals surface area contributed by atoms with Crippen LogP contribution in [0.4, 0.5) is 5.13 Å². The summed E-state index contributed by atoms with van der Waals surface area (Å²) in [5.74, 6) is -0.175. The van der Waals surface area contributed by atoms with E-state index in [-0.39, 0.29) is 29.6 Å². The van der Waals surface area contributed by atoms with Crippen molar-refractivity contribution in [3.8, 4) is 11.5 Å². The monoisotopic (exact) mass is 487 g/mol. The zero-order valence-electron chi connectivity index (χ0n) is 19.6. The van der Waals surface area contributed by atoms with Gasteiger partial charge in [0.15, 0.2) is 5.13 Å². The van der Waals surface area contributed by atoms with E-state index in [4.69, 9.17) is 14.2 Å². The molecule has 1 aliphatic heterocycles. The third-order valence-electron chi connectivity index (χ3n) is 6.20. The Balaban J connectivity index is 1.45. The van der Waals surface area contributed by atoms with Crippen molar-refractivity contribution in [1.82, 2.24) is 9.88 Å². The van der Waals surface area contributed by atoms with Crippen molar-refractivity contribution < 1.29 is 28.6 Å². The molecule has 1 aromatic heterocycles. The lowest BCUT2D eigenvalue weighted by molar-refractivity contribution is -0.151. The molecule has 10 heteroatoms. The fraction of sp³-hybridized carbons (Fsp3) is 0.500. The molecule has 1 saturated heterocycles. The van der Waals surface area contributed by atoms with Crippen molar-refractivity contribution in [2.24, 2.45) is 5.92 Å².